The topological polar surface area (TPSA) is 43.1 Å². The predicted octanol–water partition coefficient (Wildman–Crippen LogP) is 4.43. The van der Waals surface area contributed by atoms with Crippen molar-refractivity contribution in [2.24, 2.45) is 5.73 Å². The minimum absolute atomic E-state index is 0.421. The van der Waals surface area contributed by atoms with E-state index in [9.17, 15) is 4.79 Å². The first-order valence-corrected chi connectivity index (χ1v) is 6.84. The first-order valence-electron chi connectivity index (χ1n) is 6.84. The highest BCUT2D eigenvalue weighted by Crippen LogP contribution is 2.22. The monoisotopic (exact) mass is 279 g/mol. The third-order valence-electron chi connectivity index (χ3n) is 2.86. The Morgan fingerprint density at radius 3 is 2.38 bits per heavy atom. The second-order valence-electron chi connectivity index (χ2n) is 4.43. The van der Waals surface area contributed by atoms with Crippen molar-refractivity contribution < 1.29 is 4.79 Å². The van der Waals surface area contributed by atoms with Gasteiger partial charge in [0.05, 0.1) is 0 Å². The summed E-state index contributed by atoms with van der Waals surface area (Å²) in [6, 6.07) is 7.34. The largest absolute Gasteiger partial charge is 0.366 e. The molecule has 0 saturated carbocycles. The SMILES string of the molecule is C=CCC=CC=CC=C(CC=C)c1ccccc1C(N)=O. The first kappa shape index (κ1) is 16.4. The van der Waals surface area contributed by atoms with E-state index in [0.717, 1.165) is 17.6 Å². The van der Waals surface area contributed by atoms with E-state index in [4.69, 9.17) is 5.73 Å². The lowest BCUT2D eigenvalue weighted by Crippen LogP contribution is -2.13. The molecule has 108 valence electrons. The molecule has 0 atom stereocenters. The summed E-state index contributed by atoms with van der Waals surface area (Å²) in [6.45, 7) is 7.42. The maximum absolute atomic E-state index is 11.5. The summed E-state index contributed by atoms with van der Waals surface area (Å²) in [5.41, 5.74) is 7.82. The molecule has 0 saturated heterocycles. The van der Waals surface area contributed by atoms with E-state index < -0.39 is 5.91 Å². The van der Waals surface area contributed by atoms with E-state index in [1.54, 1.807) is 6.07 Å². The minimum atomic E-state index is -0.421. The fourth-order valence-corrected chi connectivity index (χ4v) is 1.89. The van der Waals surface area contributed by atoms with Crippen LogP contribution in [-0.2, 0) is 0 Å². The van der Waals surface area contributed by atoms with E-state index in [1.807, 2.05) is 60.7 Å². The van der Waals surface area contributed by atoms with Gasteiger partial charge in [-0.1, -0.05) is 60.7 Å². The van der Waals surface area contributed by atoms with Gasteiger partial charge in [-0.3, -0.25) is 4.79 Å². The Bertz CT molecular complexity index is 591. The fourth-order valence-electron chi connectivity index (χ4n) is 1.89. The molecule has 2 nitrogen and oxygen atoms in total. The standard InChI is InChI=1S/C19H21NO/c1-3-5-6-7-8-9-13-16(12-4-2)17-14-10-11-15-18(17)19(20)21/h3-4,6-11,13-15H,1-2,5,12H2,(H2,20,21). The average Bonchev–Trinajstić information content (AvgIpc) is 2.49. The molecule has 0 bridgehead atoms. The molecule has 0 aliphatic rings. The van der Waals surface area contributed by atoms with Crippen LogP contribution in [-0.4, -0.2) is 5.91 Å². The van der Waals surface area contributed by atoms with Crippen molar-refractivity contribution in [3.05, 3.63) is 91.1 Å². The highest BCUT2D eigenvalue weighted by molar-refractivity contribution is 5.98. The van der Waals surface area contributed by atoms with E-state index in [-0.39, 0.29) is 0 Å². The number of rotatable bonds is 8. The second-order valence-corrected chi connectivity index (χ2v) is 4.43. The van der Waals surface area contributed by atoms with Crippen LogP contribution in [0.25, 0.3) is 5.57 Å². The lowest BCUT2D eigenvalue weighted by Gasteiger charge is -2.08. The molecule has 2 N–H and O–H groups in total. The predicted molar refractivity (Wildman–Crippen MR) is 90.8 cm³/mol. The molecule has 0 unspecified atom stereocenters. The van der Waals surface area contributed by atoms with Gasteiger partial charge in [-0.15, -0.1) is 13.2 Å². The Balaban J connectivity index is 3.04. The lowest BCUT2D eigenvalue weighted by atomic mass is 9.96. The van der Waals surface area contributed by atoms with Crippen LogP contribution >= 0.6 is 0 Å². The fraction of sp³-hybridized carbons (Fsp3) is 0.105. The number of hydrogen-bond donors (Lipinski definition) is 1. The molecule has 1 aromatic rings. The average molecular weight is 279 g/mol. The first-order chi connectivity index (χ1) is 10.2. The van der Waals surface area contributed by atoms with Crippen LogP contribution in [0.3, 0.4) is 0 Å². The molecule has 0 heterocycles. The van der Waals surface area contributed by atoms with Gasteiger partial charge in [-0.2, -0.15) is 0 Å². The second kappa shape index (κ2) is 9.32. The molecule has 1 rings (SSSR count). The Kier molecular flexibility index (Phi) is 7.30. The third kappa shape index (κ3) is 5.49. The third-order valence-corrected chi connectivity index (χ3v) is 2.86. The number of allylic oxidation sites excluding steroid dienone is 8. The highest BCUT2D eigenvalue weighted by atomic mass is 16.1. The maximum Gasteiger partial charge on any atom is 0.249 e. The zero-order chi connectivity index (χ0) is 15.5. The van der Waals surface area contributed by atoms with Gasteiger partial charge in [0.2, 0.25) is 5.91 Å². The zero-order valence-corrected chi connectivity index (χ0v) is 12.2. The number of primary amides is 1. The molecule has 0 spiro atoms. The highest BCUT2D eigenvalue weighted by Gasteiger charge is 2.09. The van der Waals surface area contributed by atoms with E-state index in [0.29, 0.717) is 12.0 Å². The van der Waals surface area contributed by atoms with Crippen LogP contribution in [0.2, 0.25) is 0 Å². The normalized spacial score (nSPS) is 11.9. The van der Waals surface area contributed by atoms with Crippen molar-refractivity contribution in [3.8, 4) is 0 Å². The Morgan fingerprint density at radius 2 is 1.76 bits per heavy atom. The number of carbonyl (C=O) groups is 1. The Hall–Kier alpha value is -2.61. The Labute approximate surface area is 126 Å². The van der Waals surface area contributed by atoms with E-state index in [2.05, 4.69) is 13.2 Å². The van der Waals surface area contributed by atoms with Gasteiger partial charge < -0.3 is 5.73 Å². The molecule has 0 aliphatic carbocycles. The molecule has 1 amide bonds. The summed E-state index contributed by atoms with van der Waals surface area (Å²) >= 11 is 0. The van der Waals surface area contributed by atoms with Gasteiger partial charge in [-0.25, -0.2) is 0 Å². The molecular weight excluding hydrogens is 258 g/mol. The van der Waals surface area contributed by atoms with Crippen LogP contribution in [0.1, 0.15) is 28.8 Å². The van der Waals surface area contributed by atoms with Crippen LogP contribution in [0.15, 0.2) is 80.0 Å². The van der Waals surface area contributed by atoms with Gasteiger partial charge in [0, 0.05) is 5.56 Å². The lowest BCUT2D eigenvalue weighted by molar-refractivity contribution is 0.1000. The summed E-state index contributed by atoms with van der Waals surface area (Å²) in [6.07, 6.45) is 15.0. The van der Waals surface area contributed by atoms with Crippen molar-refractivity contribution in [3.63, 3.8) is 0 Å². The van der Waals surface area contributed by atoms with E-state index in [1.165, 1.54) is 0 Å². The molecule has 0 aliphatic heterocycles. The van der Waals surface area contributed by atoms with Crippen LogP contribution in [0, 0.1) is 0 Å². The number of amides is 1. The van der Waals surface area contributed by atoms with Gasteiger partial charge in [0.25, 0.3) is 0 Å². The van der Waals surface area contributed by atoms with Gasteiger partial charge >= 0.3 is 0 Å². The van der Waals surface area contributed by atoms with Gasteiger partial charge in [0.1, 0.15) is 0 Å². The molecule has 0 radical (unpaired) electrons. The summed E-state index contributed by atoms with van der Waals surface area (Å²) in [7, 11) is 0. The smallest absolute Gasteiger partial charge is 0.249 e. The molecule has 0 aromatic heterocycles. The molecule has 2 heteroatoms. The van der Waals surface area contributed by atoms with Crippen molar-refractivity contribution in [1.82, 2.24) is 0 Å². The van der Waals surface area contributed by atoms with Crippen LogP contribution in [0.4, 0.5) is 0 Å². The minimum Gasteiger partial charge on any atom is -0.366 e. The number of hydrogen-bond acceptors (Lipinski definition) is 1. The van der Waals surface area contributed by atoms with Crippen molar-refractivity contribution in [2.75, 3.05) is 0 Å². The summed E-state index contributed by atoms with van der Waals surface area (Å²) in [5, 5.41) is 0. The quantitative estimate of drug-likeness (QED) is 0.555. The van der Waals surface area contributed by atoms with Crippen LogP contribution in [0.5, 0.6) is 0 Å². The number of carbonyl (C=O) groups excluding carboxylic acids is 1. The van der Waals surface area contributed by atoms with Gasteiger partial charge in [-0.05, 0) is 30.0 Å². The number of benzene rings is 1. The summed E-state index contributed by atoms with van der Waals surface area (Å²) in [4.78, 5) is 11.5. The van der Waals surface area contributed by atoms with Crippen molar-refractivity contribution in [2.45, 2.75) is 12.8 Å². The maximum atomic E-state index is 11.5. The van der Waals surface area contributed by atoms with Crippen molar-refractivity contribution in [1.29, 1.82) is 0 Å². The van der Waals surface area contributed by atoms with E-state index >= 15 is 0 Å². The summed E-state index contributed by atoms with van der Waals surface area (Å²) < 4.78 is 0. The van der Waals surface area contributed by atoms with Crippen LogP contribution < -0.4 is 5.73 Å². The summed E-state index contributed by atoms with van der Waals surface area (Å²) in [5.74, 6) is -0.421. The molecule has 0 fully saturated rings. The van der Waals surface area contributed by atoms with Gasteiger partial charge in [0.15, 0.2) is 0 Å². The zero-order valence-electron chi connectivity index (χ0n) is 12.2. The number of nitrogens with two attached hydrogens (primary N) is 1. The molecule has 21 heavy (non-hydrogen) atoms. The van der Waals surface area contributed by atoms with Crippen molar-refractivity contribution >= 4 is 11.5 Å². The Morgan fingerprint density at radius 1 is 1.05 bits per heavy atom. The molecule has 1 aromatic carbocycles. The molecular formula is C19H21NO.